The Balaban J connectivity index is 3.15. The molecule has 0 aliphatic carbocycles. The van der Waals surface area contributed by atoms with E-state index in [0.717, 1.165) is 32.1 Å². The minimum atomic E-state index is -0.672. The van der Waals surface area contributed by atoms with Crippen LogP contribution in [0.5, 0.6) is 0 Å². The van der Waals surface area contributed by atoms with Gasteiger partial charge in [0.15, 0.2) is 0 Å². The SMILES string of the molecule is CCC/C=C/C/C=C\CCCCCCCC(=O)O. The van der Waals surface area contributed by atoms with Crippen molar-refractivity contribution in [2.24, 2.45) is 0 Å². The fourth-order valence-corrected chi connectivity index (χ4v) is 1.74. The van der Waals surface area contributed by atoms with Gasteiger partial charge in [-0.15, -0.1) is 0 Å². The topological polar surface area (TPSA) is 37.3 Å². The number of aliphatic carboxylic acids is 1. The molecule has 2 heteroatoms. The quantitative estimate of drug-likeness (QED) is 0.387. The normalized spacial score (nSPS) is 11.6. The average Bonchev–Trinajstić information content (AvgIpc) is 2.34. The zero-order valence-corrected chi connectivity index (χ0v) is 11.7. The first-order valence-corrected chi connectivity index (χ1v) is 7.29. The van der Waals surface area contributed by atoms with E-state index < -0.39 is 5.97 Å². The van der Waals surface area contributed by atoms with Gasteiger partial charge in [0.25, 0.3) is 0 Å². The molecule has 0 aromatic heterocycles. The van der Waals surface area contributed by atoms with Crippen LogP contribution in [0.15, 0.2) is 24.3 Å². The third-order valence-electron chi connectivity index (χ3n) is 2.82. The van der Waals surface area contributed by atoms with E-state index in [1.165, 1.54) is 25.7 Å². The Hall–Kier alpha value is -1.05. The summed E-state index contributed by atoms with van der Waals surface area (Å²) in [7, 11) is 0. The first kappa shape index (κ1) is 16.9. The van der Waals surface area contributed by atoms with E-state index in [9.17, 15) is 4.79 Å². The number of hydrogen-bond acceptors (Lipinski definition) is 1. The van der Waals surface area contributed by atoms with E-state index in [1.54, 1.807) is 0 Å². The van der Waals surface area contributed by atoms with Crippen molar-refractivity contribution in [1.29, 1.82) is 0 Å². The summed E-state index contributed by atoms with van der Waals surface area (Å²) >= 11 is 0. The van der Waals surface area contributed by atoms with E-state index in [0.29, 0.717) is 6.42 Å². The van der Waals surface area contributed by atoms with Gasteiger partial charge in [-0.05, 0) is 32.1 Å². The van der Waals surface area contributed by atoms with Crippen molar-refractivity contribution >= 4 is 5.97 Å². The number of carbonyl (C=O) groups is 1. The highest BCUT2D eigenvalue weighted by molar-refractivity contribution is 5.66. The second-order valence-electron chi connectivity index (χ2n) is 4.67. The minimum Gasteiger partial charge on any atom is -0.481 e. The predicted octanol–water partition coefficient (Wildman–Crippen LogP) is 5.10. The first-order valence-electron chi connectivity index (χ1n) is 7.29. The second kappa shape index (κ2) is 14.0. The molecule has 0 saturated carbocycles. The summed E-state index contributed by atoms with van der Waals surface area (Å²) in [4.78, 5) is 10.3. The van der Waals surface area contributed by atoms with E-state index in [1.807, 2.05) is 0 Å². The van der Waals surface area contributed by atoms with Crippen molar-refractivity contribution in [1.82, 2.24) is 0 Å². The number of hydrogen-bond donors (Lipinski definition) is 1. The number of carboxylic acid groups (broad SMARTS) is 1. The highest BCUT2D eigenvalue weighted by Gasteiger charge is 1.95. The van der Waals surface area contributed by atoms with Crippen LogP contribution in [0.3, 0.4) is 0 Å². The number of unbranched alkanes of at least 4 members (excludes halogenated alkanes) is 6. The Morgan fingerprint density at radius 3 is 2.17 bits per heavy atom. The third-order valence-corrected chi connectivity index (χ3v) is 2.82. The highest BCUT2D eigenvalue weighted by Crippen LogP contribution is 2.07. The molecule has 0 fully saturated rings. The minimum absolute atomic E-state index is 0.323. The summed E-state index contributed by atoms with van der Waals surface area (Å²) in [6.45, 7) is 2.19. The van der Waals surface area contributed by atoms with Crippen LogP contribution >= 0.6 is 0 Å². The monoisotopic (exact) mass is 252 g/mol. The highest BCUT2D eigenvalue weighted by atomic mass is 16.4. The lowest BCUT2D eigenvalue weighted by Crippen LogP contribution is -1.93. The Labute approximate surface area is 112 Å². The Morgan fingerprint density at radius 1 is 0.889 bits per heavy atom. The van der Waals surface area contributed by atoms with E-state index in [4.69, 9.17) is 5.11 Å². The Morgan fingerprint density at radius 2 is 1.50 bits per heavy atom. The van der Waals surface area contributed by atoms with Crippen LogP contribution in [-0.2, 0) is 4.79 Å². The Kier molecular flexibility index (Phi) is 13.2. The molecule has 0 aromatic rings. The molecule has 0 unspecified atom stereocenters. The lowest BCUT2D eigenvalue weighted by Gasteiger charge is -1.98. The first-order chi connectivity index (χ1) is 8.77. The van der Waals surface area contributed by atoms with Crippen molar-refractivity contribution in [2.75, 3.05) is 0 Å². The molecule has 0 amide bonds. The van der Waals surface area contributed by atoms with Gasteiger partial charge in [-0.3, -0.25) is 4.79 Å². The molecular formula is C16H28O2. The summed E-state index contributed by atoms with van der Waals surface area (Å²) < 4.78 is 0. The van der Waals surface area contributed by atoms with Gasteiger partial charge in [0.05, 0.1) is 0 Å². The van der Waals surface area contributed by atoms with E-state index in [-0.39, 0.29) is 0 Å². The molecule has 0 aliphatic rings. The van der Waals surface area contributed by atoms with Crippen LogP contribution in [-0.4, -0.2) is 11.1 Å². The fourth-order valence-electron chi connectivity index (χ4n) is 1.74. The van der Waals surface area contributed by atoms with Crippen LogP contribution in [0.2, 0.25) is 0 Å². The summed E-state index contributed by atoms with van der Waals surface area (Å²) in [5, 5.41) is 8.48. The van der Waals surface area contributed by atoms with E-state index in [2.05, 4.69) is 31.2 Å². The average molecular weight is 252 g/mol. The zero-order chi connectivity index (χ0) is 13.5. The van der Waals surface area contributed by atoms with Crippen LogP contribution in [0.1, 0.15) is 71.1 Å². The molecule has 0 aromatic carbocycles. The number of rotatable bonds is 12. The molecule has 0 spiro atoms. The third kappa shape index (κ3) is 14.9. The largest absolute Gasteiger partial charge is 0.481 e. The lowest BCUT2D eigenvalue weighted by molar-refractivity contribution is -0.137. The van der Waals surface area contributed by atoms with Crippen molar-refractivity contribution in [3.63, 3.8) is 0 Å². The molecule has 0 radical (unpaired) electrons. The molecule has 0 aliphatic heterocycles. The molecule has 0 atom stereocenters. The predicted molar refractivity (Wildman–Crippen MR) is 77.8 cm³/mol. The lowest BCUT2D eigenvalue weighted by atomic mass is 10.1. The van der Waals surface area contributed by atoms with Gasteiger partial charge in [0, 0.05) is 6.42 Å². The van der Waals surface area contributed by atoms with Crippen LogP contribution in [0.25, 0.3) is 0 Å². The van der Waals surface area contributed by atoms with Gasteiger partial charge < -0.3 is 5.11 Å². The van der Waals surface area contributed by atoms with Gasteiger partial charge in [-0.2, -0.15) is 0 Å². The smallest absolute Gasteiger partial charge is 0.303 e. The molecule has 2 nitrogen and oxygen atoms in total. The molecule has 0 rings (SSSR count). The summed E-state index contributed by atoms with van der Waals surface area (Å²) in [5.74, 6) is -0.672. The Bertz CT molecular complexity index is 241. The maximum Gasteiger partial charge on any atom is 0.303 e. The summed E-state index contributed by atoms with van der Waals surface area (Å²) in [6, 6.07) is 0. The standard InChI is InChI=1S/C16H28O2/c1-2-3-4-5-6-7-8-9-10-11-12-13-14-15-16(17)18/h4-5,7-8H,2-3,6,9-15H2,1H3,(H,17,18)/b5-4+,8-7-. The summed E-state index contributed by atoms with van der Waals surface area (Å²) in [6.07, 6.45) is 19.4. The second-order valence-corrected chi connectivity index (χ2v) is 4.67. The van der Waals surface area contributed by atoms with Crippen molar-refractivity contribution < 1.29 is 9.90 Å². The molecule has 0 heterocycles. The molecule has 0 bridgehead atoms. The molecule has 104 valence electrons. The van der Waals surface area contributed by atoms with Crippen LogP contribution in [0, 0.1) is 0 Å². The van der Waals surface area contributed by atoms with Crippen LogP contribution < -0.4 is 0 Å². The molecule has 18 heavy (non-hydrogen) atoms. The van der Waals surface area contributed by atoms with Crippen molar-refractivity contribution in [3.8, 4) is 0 Å². The van der Waals surface area contributed by atoms with Crippen molar-refractivity contribution in [3.05, 3.63) is 24.3 Å². The van der Waals surface area contributed by atoms with Gasteiger partial charge in [-0.1, -0.05) is 56.9 Å². The zero-order valence-electron chi connectivity index (χ0n) is 11.7. The fraction of sp³-hybridized carbons (Fsp3) is 0.688. The number of carboxylic acids is 1. The van der Waals surface area contributed by atoms with Gasteiger partial charge in [-0.25, -0.2) is 0 Å². The molecule has 0 saturated heterocycles. The molecular weight excluding hydrogens is 224 g/mol. The molecule has 1 N–H and O–H groups in total. The van der Waals surface area contributed by atoms with Crippen LogP contribution in [0.4, 0.5) is 0 Å². The van der Waals surface area contributed by atoms with Crippen molar-refractivity contribution in [2.45, 2.75) is 71.1 Å². The summed E-state index contributed by atoms with van der Waals surface area (Å²) in [5.41, 5.74) is 0. The maximum atomic E-state index is 10.3. The van der Waals surface area contributed by atoms with Gasteiger partial charge in [0.1, 0.15) is 0 Å². The van der Waals surface area contributed by atoms with Gasteiger partial charge in [0.2, 0.25) is 0 Å². The van der Waals surface area contributed by atoms with Gasteiger partial charge >= 0.3 is 5.97 Å². The van der Waals surface area contributed by atoms with E-state index >= 15 is 0 Å². The number of allylic oxidation sites excluding steroid dienone is 4. The maximum absolute atomic E-state index is 10.3.